The topological polar surface area (TPSA) is 81.8 Å². The molecule has 3 rings (SSSR count). The van der Waals surface area contributed by atoms with Crippen LogP contribution in [0, 0.1) is 6.92 Å². The summed E-state index contributed by atoms with van der Waals surface area (Å²) >= 11 is 0. The van der Waals surface area contributed by atoms with Crippen molar-refractivity contribution in [1.82, 2.24) is 4.90 Å². The zero-order chi connectivity index (χ0) is 20.3. The van der Waals surface area contributed by atoms with Gasteiger partial charge in [-0.25, -0.2) is 4.79 Å². The average Bonchev–Trinajstić information content (AvgIpc) is 2.75. The zero-order valence-corrected chi connectivity index (χ0v) is 16.2. The molecule has 0 bridgehead atoms. The molecule has 0 radical (unpaired) electrons. The fourth-order valence-corrected chi connectivity index (χ4v) is 3.26. The van der Waals surface area contributed by atoms with Crippen LogP contribution in [-0.2, 0) is 9.59 Å². The number of anilines is 3. The van der Waals surface area contributed by atoms with Gasteiger partial charge in [0.05, 0.1) is 11.4 Å². The molecule has 0 saturated carbocycles. The van der Waals surface area contributed by atoms with Crippen LogP contribution < -0.4 is 15.5 Å². The summed E-state index contributed by atoms with van der Waals surface area (Å²) in [6, 6.07) is 13.9. The van der Waals surface area contributed by atoms with E-state index < -0.39 is 0 Å². The Morgan fingerprint density at radius 3 is 2.71 bits per heavy atom. The summed E-state index contributed by atoms with van der Waals surface area (Å²) in [4.78, 5) is 40.5. The van der Waals surface area contributed by atoms with Crippen molar-refractivity contribution in [1.29, 1.82) is 0 Å². The molecule has 146 valence electrons. The van der Waals surface area contributed by atoms with E-state index in [2.05, 4.69) is 10.6 Å². The number of rotatable bonds is 3. The van der Waals surface area contributed by atoms with E-state index in [9.17, 15) is 14.4 Å². The van der Waals surface area contributed by atoms with Crippen molar-refractivity contribution >= 4 is 34.9 Å². The SMILES string of the molecule is Cc1cccc(NC(=O)N(C)CC(=O)N2c3ccccc3NC(=O)C[C@H]2C)c1. The Labute approximate surface area is 164 Å². The number of para-hydroxylation sites is 2. The van der Waals surface area contributed by atoms with Crippen molar-refractivity contribution in [3.63, 3.8) is 0 Å². The van der Waals surface area contributed by atoms with Gasteiger partial charge in [-0.05, 0) is 43.7 Å². The van der Waals surface area contributed by atoms with E-state index in [4.69, 9.17) is 0 Å². The molecule has 7 heteroatoms. The fourth-order valence-electron chi connectivity index (χ4n) is 3.26. The summed E-state index contributed by atoms with van der Waals surface area (Å²) < 4.78 is 0. The maximum atomic E-state index is 13.0. The van der Waals surface area contributed by atoms with Crippen molar-refractivity contribution in [3.8, 4) is 0 Å². The van der Waals surface area contributed by atoms with Gasteiger partial charge in [-0.3, -0.25) is 9.59 Å². The maximum absolute atomic E-state index is 13.0. The molecule has 0 aliphatic carbocycles. The number of fused-ring (bicyclic) bond motifs is 1. The molecular weight excluding hydrogens is 356 g/mol. The lowest BCUT2D eigenvalue weighted by atomic mass is 10.1. The van der Waals surface area contributed by atoms with Gasteiger partial charge in [-0.15, -0.1) is 0 Å². The van der Waals surface area contributed by atoms with Gasteiger partial charge in [0.2, 0.25) is 11.8 Å². The summed E-state index contributed by atoms with van der Waals surface area (Å²) in [5.41, 5.74) is 2.94. The monoisotopic (exact) mass is 380 g/mol. The number of benzene rings is 2. The number of carbonyl (C=O) groups is 3. The zero-order valence-electron chi connectivity index (χ0n) is 16.2. The van der Waals surface area contributed by atoms with E-state index in [0.717, 1.165) is 5.56 Å². The molecule has 0 unspecified atom stereocenters. The molecule has 2 N–H and O–H groups in total. The molecular formula is C21H24N4O3. The van der Waals surface area contributed by atoms with Crippen LogP contribution in [0.3, 0.4) is 0 Å². The number of amides is 4. The summed E-state index contributed by atoms with van der Waals surface area (Å²) in [7, 11) is 1.57. The highest BCUT2D eigenvalue weighted by atomic mass is 16.2. The molecule has 28 heavy (non-hydrogen) atoms. The number of likely N-dealkylation sites (N-methyl/N-ethyl adjacent to an activating group) is 1. The van der Waals surface area contributed by atoms with Gasteiger partial charge in [-0.1, -0.05) is 24.3 Å². The molecule has 0 saturated heterocycles. The minimum atomic E-state index is -0.371. The molecule has 0 fully saturated rings. The van der Waals surface area contributed by atoms with Crippen molar-refractivity contribution < 1.29 is 14.4 Å². The first-order valence-electron chi connectivity index (χ1n) is 9.15. The lowest BCUT2D eigenvalue weighted by Gasteiger charge is -2.29. The third kappa shape index (κ3) is 4.31. The van der Waals surface area contributed by atoms with Gasteiger partial charge in [0.15, 0.2) is 0 Å². The Balaban J connectivity index is 1.74. The van der Waals surface area contributed by atoms with Crippen LogP contribution in [0.2, 0.25) is 0 Å². The predicted molar refractivity (Wildman–Crippen MR) is 109 cm³/mol. The molecule has 1 heterocycles. The average molecular weight is 380 g/mol. The number of hydrogen-bond acceptors (Lipinski definition) is 3. The van der Waals surface area contributed by atoms with Crippen LogP contribution in [0.25, 0.3) is 0 Å². The summed E-state index contributed by atoms with van der Waals surface area (Å²) in [6.45, 7) is 3.66. The quantitative estimate of drug-likeness (QED) is 0.858. The third-order valence-corrected chi connectivity index (χ3v) is 4.62. The van der Waals surface area contributed by atoms with Gasteiger partial charge in [-0.2, -0.15) is 0 Å². The summed E-state index contributed by atoms with van der Waals surface area (Å²) in [6.07, 6.45) is 0.194. The van der Waals surface area contributed by atoms with Gasteiger partial charge in [0.25, 0.3) is 0 Å². The molecule has 0 spiro atoms. The second-order valence-corrected chi connectivity index (χ2v) is 7.04. The molecule has 1 aliphatic rings. The Hall–Kier alpha value is -3.35. The van der Waals surface area contributed by atoms with Gasteiger partial charge in [0, 0.05) is 25.2 Å². The normalized spacial score (nSPS) is 15.9. The Morgan fingerprint density at radius 1 is 1.21 bits per heavy atom. The number of carbonyl (C=O) groups excluding carboxylic acids is 3. The van der Waals surface area contributed by atoms with Crippen LogP contribution in [-0.4, -0.2) is 42.4 Å². The largest absolute Gasteiger partial charge is 0.324 e. The van der Waals surface area contributed by atoms with E-state index >= 15 is 0 Å². The van der Waals surface area contributed by atoms with Crippen molar-refractivity contribution in [2.45, 2.75) is 26.3 Å². The standard InChI is InChI=1S/C21H24N4O3/c1-14-7-6-8-16(11-14)22-21(28)24(3)13-20(27)25-15(2)12-19(26)23-17-9-4-5-10-18(17)25/h4-11,15H,12-13H2,1-3H3,(H,22,28)(H,23,26)/t15-/m1/s1. The first-order valence-corrected chi connectivity index (χ1v) is 9.15. The minimum absolute atomic E-state index is 0.107. The summed E-state index contributed by atoms with van der Waals surface area (Å²) in [5, 5.41) is 5.62. The van der Waals surface area contributed by atoms with E-state index in [1.165, 1.54) is 4.90 Å². The lowest BCUT2D eigenvalue weighted by Crippen LogP contribution is -2.46. The van der Waals surface area contributed by atoms with Crippen LogP contribution in [0.4, 0.5) is 21.9 Å². The second-order valence-electron chi connectivity index (χ2n) is 7.04. The third-order valence-electron chi connectivity index (χ3n) is 4.62. The summed E-state index contributed by atoms with van der Waals surface area (Å²) in [5.74, 6) is -0.390. The molecule has 1 atom stereocenters. The highest BCUT2D eigenvalue weighted by Crippen LogP contribution is 2.31. The first-order chi connectivity index (χ1) is 13.3. The van der Waals surface area contributed by atoms with E-state index in [0.29, 0.717) is 17.1 Å². The maximum Gasteiger partial charge on any atom is 0.322 e. The smallest absolute Gasteiger partial charge is 0.322 e. The minimum Gasteiger partial charge on any atom is -0.324 e. The molecule has 1 aliphatic heterocycles. The number of nitrogens with zero attached hydrogens (tertiary/aromatic N) is 2. The predicted octanol–water partition coefficient (Wildman–Crippen LogP) is 3.22. The van der Waals surface area contributed by atoms with Gasteiger partial charge >= 0.3 is 6.03 Å². The number of urea groups is 1. The lowest BCUT2D eigenvalue weighted by molar-refractivity contribution is -0.119. The number of aryl methyl sites for hydroxylation is 1. The first kappa shape index (κ1) is 19.4. The Bertz CT molecular complexity index is 912. The Morgan fingerprint density at radius 2 is 1.96 bits per heavy atom. The van der Waals surface area contributed by atoms with Crippen molar-refractivity contribution in [2.75, 3.05) is 29.1 Å². The van der Waals surface area contributed by atoms with Crippen LogP contribution in [0.5, 0.6) is 0 Å². The molecule has 0 aromatic heterocycles. The number of hydrogen-bond donors (Lipinski definition) is 2. The Kier molecular flexibility index (Phi) is 5.63. The molecule has 2 aromatic rings. The molecule has 7 nitrogen and oxygen atoms in total. The van der Waals surface area contributed by atoms with Crippen molar-refractivity contribution in [3.05, 3.63) is 54.1 Å². The van der Waals surface area contributed by atoms with Gasteiger partial charge in [0.1, 0.15) is 6.54 Å². The van der Waals surface area contributed by atoms with E-state index in [-0.39, 0.29) is 36.9 Å². The highest BCUT2D eigenvalue weighted by Gasteiger charge is 2.30. The fraction of sp³-hybridized carbons (Fsp3) is 0.286. The number of nitrogens with one attached hydrogen (secondary N) is 2. The van der Waals surface area contributed by atoms with Crippen LogP contribution in [0.15, 0.2) is 48.5 Å². The highest BCUT2D eigenvalue weighted by molar-refractivity contribution is 6.05. The second kappa shape index (κ2) is 8.12. The van der Waals surface area contributed by atoms with Crippen LogP contribution >= 0.6 is 0 Å². The van der Waals surface area contributed by atoms with E-state index in [1.54, 1.807) is 36.2 Å². The van der Waals surface area contributed by atoms with Crippen molar-refractivity contribution in [2.24, 2.45) is 0 Å². The van der Waals surface area contributed by atoms with Gasteiger partial charge < -0.3 is 20.4 Å². The van der Waals surface area contributed by atoms with Crippen LogP contribution in [0.1, 0.15) is 18.9 Å². The van der Waals surface area contributed by atoms with E-state index in [1.807, 2.05) is 38.1 Å². The molecule has 2 aromatic carbocycles. The molecule has 4 amide bonds.